The minimum Gasteiger partial charge on any atom is -0.495 e. The molecule has 2 aromatic carbocycles. The van der Waals surface area contributed by atoms with E-state index < -0.39 is 29.0 Å². The molecule has 0 aliphatic heterocycles. The van der Waals surface area contributed by atoms with Crippen LogP contribution in [-0.4, -0.2) is 40.0 Å². The summed E-state index contributed by atoms with van der Waals surface area (Å²) >= 11 is 1.04. The minimum absolute atomic E-state index is 0.0255. The molecule has 13 heteroatoms. The van der Waals surface area contributed by atoms with E-state index in [-0.39, 0.29) is 34.2 Å². The van der Waals surface area contributed by atoms with Crippen molar-refractivity contribution in [3.63, 3.8) is 0 Å². The fourth-order valence-electron chi connectivity index (χ4n) is 2.86. The van der Waals surface area contributed by atoms with E-state index in [9.17, 15) is 26.4 Å². The van der Waals surface area contributed by atoms with E-state index >= 15 is 0 Å². The van der Waals surface area contributed by atoms with E-state index in [0.29, 0.717) is 5.56 Å². The highest BCUT2D eigenvalue weighted by Crippen LogP contribution is 2.35. The molecule has 8 nitrogen and oxygen atoms in total. The van der Waals surface area contributed by atoms with Gasteiger partial charge in [0.2, 0.25) is 10.9 Å². The van der Waals surface area contributed by atoms with Gasteiger partial charge in [0.25, 0.3) is 0 Å². The molecule has 0 bridgehead atoms. The molecule has 0 fully saturated rings. The van der Waals surface area contributed by atoms with Gasteiger partial charge in [-0.05, 0) is 41.8 Å². The van der Waals surface area contributed by atoms with Crippen LogP contribution in [0.5, 0.6) is 11.5 Å². The molecule has 0 aliphatic carbocycles. The summed E-state index contributed by atoms with van der Waals surface area (Å²) in [5.74, 6) is 4.72. The predicted molar refractivity (Wildman–Crippen MR) is 122 cm³/mol. The second-order valence-electron chi connectivity index (χ2n) is 6.65. The van der Waals surface area contributed by atoms with Crippen LogP contribution in [-0.2, 0) is 26.8 Å². The first-order valence-electron chi connectivity index (χ1n) is 9.61. The van der Waals surface area contributed by atoms with Crippen molar-refractivity contribution in [2.24, 2.45) is 0 Å². The van der Waals surface area contributed by atoms with E-state index in [2.05, 4.69) is 26.3 Å². The number of thiol groups is 1. The summed E-state index contributed by atoms with van der Waals surface area (Å²) in [6.45, 7) is 0. The molecule has 0 saturated heterocycles. The maximum atomic E-state index is 12.4. The van der Waals surface area contributed by atoms with E-state index in [1.54, 1.807) is 6.07 Å². The van der Waals surface area contributed by atoms with Gasteiger partial charge in [-0.25, -0.2) is 17.7 Å². The summed E-state index contributed by atoms with van der Waals surface area (Å²) in [5.41, 5.74) is 0.970. The zero-order valence-electron chi connectivity index (χ0n) is 18.2. The lowest BCUT2D eigenvalue weighted by molar-refractivity contribution is -0.274. The number of carbonyl (C=O) groups excluding carboxylic acids is 1. The molecule has 1 aromatic heterocycles. The first kappa shape index (κ1) is 25.9. The maximum Gasteiger partial charge on any atom is 0.573 e. The minimum atomic E-state index is -4.83. The van der Waals surface area contributed by atoms with Crippen molar-refractivity contribution >= 4 is 39.7 Å². The van der Waals surface area contributed by atoms with Gasteiger partial charge in [0.15, 0.2) is 10.8 Å². The molecule has 0 saturated carbocycles. The van der Waals surface area contributed by atoms with E-state index in [0.717, 1.165) is 27.8 Å². The lowest BCUT2D eigenvalue weighted by atomic mass is 10.1. The summed E-state index contributed by atoms with van der Waals surface area (Å²) in [4.78, 5) is 15.7. The normalized spacial score (nSPS) is 10.9. The Morgan fingerprint density at radius 1 is 1.14 bits per heavy atom. The first-order chi connectivity index (χ1) is 16.6. The molecule has 0 aliphatic rings. The van der Waals surface area contributed by atoms with Crippen molar-refractivity contribution in [1.29, 1.82) is 0 Å². The number of carbonyl (C=O) groups is 1. The summed E-state index contributed by atoms with van der Waals surface area (Å²) in [5, 5.41) is 1.69. The number of anilines is 2. The van der Waals surface area contributed by atoms with Crippen LogP contribution in [0.25, 0.3) is 0 Å². The van der Waals surface area contributed by atoms with Crippen LogP contribution < -0.4 is 13.8 Å². The highest BCUT2D eigenvalue weighted by Gasteiger charge is 2.31. The van der Waals surface area contributed by atoms with Crippen molar-refractivity contribution in [1.82, 2.24) is 4.98 Å². The second-order valence-corrected chi connectivity index (χ2v) is 8.38. The number of hydrogen-bond donors (Lipinski definition) is 1. The Morgan fingerprint density at radius 2 is 1.91 bits per heavy atom. The van der Waals surface area contributed by atoms with Crippen LogP contribution in [0.3, 0.4) is 0 Å². The van der Waals surface area contributed by atoms with Crippen LogP contribution in [0, 0.1) is 11.8 Å². The van der Waals surface area contributed by atoms with Crippen molar-refractivity contribution in [3.8, 4) is 23.3 Å². The number of aromatic nitrogens is 1. The van der Waals surface area contributed by atoms with E-state index in [4.69, 9.17) is 4.74 Å². The summed E-state index contributed by atoms with van der Waals surface area (Å²) in [6.07, 6.45) is -4.85. The summed E-state index contributed by atoms with van der Waals surface area (Å²) < 4.78 is 76.1. The third kappa shape index (κ3) is 7.11. The highest BCUT2D eigenvalue weighted by molar-refractivity contribution is 7.74. The number of nitrogens with zero attached hydrogens (tertiary/aromatic N) is 2. The predicted octanol–water partition coefficient (Wildman–Crippen LogP) is 3.83. The Morgan fingerprint density at radius 3 is 2.57 bits per heavy atom. The van der Waals surface area contributed by atoms with E-state index in [1.807, 2.05) is 0 Å². The number of alkyl halides is 3. The SMILES string of the molecule is COC(=O)Cc1ccc(N(c2csc(C#Cc3cccc(OC(F)(F)F)c3)n2)[SH](=O)=O)c(OC)c1. The number of hydrogen-bond acceptors (Lipinski definition) is 8. The van der Waals surface area contributed by atoms with Crippen LogP contribution in [0.15, 0.2) is 47.8 Å². The highest BCUT2D eigenvalue weighted by atomic mass is 32.2. The molecule has 35 heavy (non-hydrogen) atoms. The third-order valence-electron chi connectivity index (χ3n) is 4.30. The van der Waals surface area contributed by atoms with Gasteiger partial charge in [-0.1, -0.05) is 18.1 Å². The molecular weight excluding hydrogens is 509 g/mol. The monoisotopic (exact) mass is 526 g/mol. The molecular formula is C22H17F3N2O6S2. The number of thiazole rings is 1. The smallest absolute Gasteiger partial charge is 0.495 e. The van der Waals surface area contributed by atoms with Gasteiger partial charge < -0.3 is 14.2 Å². The van der Waals surface area contributed by atoms with Crippen molar-refractivity contribution in [2.75, 3.05) is 18.5 Å². The Bertz CT molecular complexity index is 1350. The number of benzene rings is 2. The van der Waals surface area contributed by atoms with Gasteiger partial charge in [0.05, 0.1) is 20.6 Å². The fraction of sp³-hybridized carbons (Fsp3) is 0.182. The molecule has 0 spiro atoms. The summed E-state index contributed by atoms with van der Waals surface area (Å²) in [6, 6.07) is 9.66. The van der Waals surface area contributed by atoms with Crippen LogP contribution in [0.1, 0.15) is 16.1 Å². The van der Waals surface area contributed by atoms with Crippen molar-refractivity contribution in [2.45, 2.75) is 12.8 Å². The largest absolute Gasteiger partial charge is 0.573 e. The number of halogens is 3. The van der Waals surface area contributed by atoms with Crippen LogP contribution in [0.2, 0.25) is 0 Å². The average molecular weight is 527 g/mol. The number of rotatable bonds is 7. The molecule has 0 unspecified atom stereocenters. The van der Waals surface area contributed by atoms with Crippen molar-refractivity contribution in [3.05, 3.63) is 64.0 Å². The molecule has 0 N–H and O–H groups in total. The Hall–Kier alpha value is -3.76. The number of esters is 1. The van der Waals surface area contributed by atoms with Crippen molar-refractivity contribution < 1.29 is 40.6 Å². The molecule has 1 heterocycles. The topological polar surface area (TPSA) is 95.0 Å². The molecule has 3 aromatic rings. The first-order valence-corrected chi connectivity index (χ1v) is 11.6. The molecule has 3 rings (SSSR count). The third-order valence-corrected chi connectivity index (χ3v) is 5.79. The molecule has 184 valence electrons. The van der Waals surface area contributed by atoms with Gasteiger partial charge >= 0.3 is 12.3 Å². The Labute approximate surface area is 204 Å². The number of ether oxygens (including phenoxy) is 3. The van der Waals surface area contributed by atoms with Crippen LogP contribution in [0.4, 0.5) is 24.7 Å². The van der Waals surface area contributed by atoms with Gasteiger partial charge in [0, 0.05) is 10.9 Å². The fourth-order valence-corrected chi connectivity index (χ4v) is 4.18. The average Bonchev–Trinajstić information content (AvgIpc) is 3.25. The number of methoxy groups -OCH3 is 2. The molecule has 0 amide bonds. The Balaban J connectivity index is 1.88. The zero-order valence-corrected chi connectivity index (χ0v) is 19.9. The molecule has 0 atom stereocenters. The van der Waals surface area contributed by atoms with Gasteiger partial charge in [-0.15, -0.1) is 24.5 Å². The lowest BCUT2D eigenvalue weighted by Crippen LogP contribution is -2.17. The Kier molecular flexibility index (Phi) is 8.21. The molecule has 0 radical (unpaired) electrons. The zero-order chi connectivity index (χ0) is 25.6. The standard InChI is InChI=1S/C22H17F3N2O6S2/c1-31-18-11-15(12-21(28)32-2)6-8-17(18)27(35(29)30)19-13-34-20(26-19)9-7-14-4-3-5-16(10-14)33-22(23,24)25/h3-6,8,10-11,13,35H,12H2,1-2H3. The maximum absolute atomic E-state index is 12.4. The summed E-state index contributed by atoms with van der Waals surface area (Å²) in [7, 11) is -0.581. The van der Waals surface area contributed by atoms with Gasteiger partial charge in [0.1, 0.15) is 17.2 Å². The lowest BCUT2D eigenvalue weighted by Gasteiger charge is -2.18. The van der Waals surface area contributed by atoms with Gasteiger partial charge in [-0.3, -0.25) is 4.79 Å². The quantitative estimate of drug-likeness (QED) is 0.284. The second kappa shape index (κ2) is 11.1. The van der Waals surface area contributed by atoms with Crippen LogP contribution >= 0.6 is 11.3 Å². The van der Waals surface area contributed by atoms with Gasteiger partial charge in [-0.2, -0.15) is 0 Å². The van der Waals surface area contributed by atoms with E-state index in [1.165, 1.54) is 43.9 Å².